The molecule has 30 valence electrons. The molecule has 0 aromatic carbocycles. The van der Waals surface area contributed by atoms with E-state index in [0.29, 0.717) is 0 Å². The van der Waals surface area contributed by atoms with Crippen molar-refractivity contribution in [1.82, 2.24) is 6.15 Å². The molecule has 0 saturated carbocycles. The zero-order valence-corrected chi connectivity index (χ0v) is 3.79. The monoisotopic (exact) mass is 105 g/mol. The second-order valence-electron chi connectivity index (χ2n) is 0.236. The maximum Gasteiger partial charge on any atom is -0.344 e. The van der Waals surface area contributed by atoms with Gasteiger partial charge in [-0.05, 0) is 0 Å². The van der Waals surface area contributed by atoms with Crippen LogP contribution in [0.2, 0.25) is 5.36 Å². The normalized spacial score (nSPS) is 4.75. The van der Waals surface area contributed by atoms with E-state index in [-0.39, 0.29) is 6.15 Å². The first-order chi connectivity index (χ1) is 1.41. The SMILES string of the molecule is C[CH2][Co].N. The molecule has 0 saturated heterocycles. The molecule has 0 rings (SSSR count). The van der Waals surface area contributed by atoms with Gasteiger partial charge in [0.1, 0.15) is 0 Å². The van der Waals surface area contributed by atoms with Gasteiger partial charge in [-0.25, -0.2) is 0 Å². The summed E-state index contributed by atoms with van der Waals surface area (Å²) < 4.78 is 0. The second-order valence-corrected chi connectivity index (χ2v) is 0.972. The summed E-state index contributed by atoms with van der Waals surface area (Å²) in [7, 11) is 0. The summed E-state index contributed by atoms with van der Waals surface area (Å²) in [4.78, 5) is 0. The summed E-state index contributed by atoms with van der Waals surface area (Å²) in [5.41, 5.74) is 0. The van der Waals surface area contributed by atoms with Crippen LogP contribution >= 0.6 is 0 Å². The Hall–Kier alpha value is 0.466. The third-order valence-corrected chi connectivity index (χ3v) is 0. The molecular formula is C2H8CoN. The maximum absolute atomic E-state index is 3.83. The minimum atomic E-state index is 0. The van der Waals surface area contributed by atoms with E-state index in [0.717, 1.165) is 5.36 Å². The molecule has 3 N–H and O–H groups in total. The van der Waals surface area contributed by atoms with Crippen LogP contribution in [0.3, 0.4) is 0 Å². The standard InChI is InChI=1S/C2H5.Co.H3N/c1-2;;/h1H2,2H3;;1H3. The molecule has 0 aromatic heterocycles. The zero-order chi connectivity index (χ0) is 2.71. The van der Waals surface area contributed by atoms with Crippen LogP contribution in [0.5, 0.6) is 0 Å². The molecule has 0 unspecified atom stereocenters. The molecule has 0 aliphatic heterocycles. The minimum Gasteiger partial charge on any atom is -0.344 e. The van der Waals surface area contributed by atoms with Gasteiger partial charge in [0.25, 0.3) is 0 Å². The van der Waals surface area contributed by atoms with Crippen LogP contribution in [0.25, 0.3) is 0 Å². The van der Waals surface area contributed by atoms with Crippen molar-refractivity contribution in [2.75, 3.05) is 0 Å². The summed E-state index contributed by atoms with van der Waals surface area (Å²) in [6, 6.07) is 0. The smallest absolute Gasteiger partial charge is 0.344 e. The predicted octanol–water partition coefficient (Wildman–Crippen LogP) is 1.13. The molecular weight excluding hydrogens is 97.0 g/mol. The third kappa shape index (κ3) is 24.4. The second kappa shape index (κ2) is 9.81. The topological polar surface area (TPSA) is 35.0 Å². The zero-order valence-electron chi connectivity index (χ0n) is 2.75. The largest absolute Gasteiger partial charge is 0.344 e. The van der Waals surface area contributed by atoms with Gasteiger partial charge in [0, 0.05) is 0 Å². The van der Waals surface area contributed by atoms with Crippen molar-refractivity contribution in [3.63, 3.8) is 0 Å². The third-order valence-electron chi connectivity index (χ3n) is 0. The van der Waals surface area contributed by atoms with Crippen LogP contribution in [-0.4, -0.2) is 0 Å². The van der Waals surface area contributed by atoms with Crippen molar-refractivity contribution >= 4 is 0 Å². The molecule has 0 aliphatic rings. The van der Waals surface area contributed by atoms with Crippen LogP contribution in [0, 0.1) is 0 Å². The van der Waals surface area contributed by atoms with Crippen molar-refractivity contribution in [3.8, 4) is 0 Å². The molecule has 0 heterocycles. The van der Waals surface area contributed by atoms with Gasteiger partial charge in [0.2, 0.25) is 0 Å². The van der Waals surface area contributed by atoms with Crippen LogP contribution in [0.4, 0.5) is 0 Å². The van der Waals surface area contributed by atoms with E-state index >= 15 is 0 Å². The van der Waals surface area contributed by atoms with E-state index < -0.39 is 0 Å². The summed E-state index contributed by atoms with van der Waals surface area (Å²) in [5.74, 6) is 0. The van der Waals surface area contributed by atoms with Gasteiger partial charge in [0.15, 0.2) is 0 Å². The summed E-state index contributed by atoms with van der Waals surface area (Å²) >= 11 is 3.83. The first-order valence-electron chi connectivity index (χ1n) is 0.943. The van der Waals surface area contributed by atoms with E-state index in [4.69, 9.17) is 0 Å². The van der Waals surface area contributed by atoms with Gasteiger partial charge in [-0.3, -0.25) is 0 Å². The Balaban J connectivity index is 0. The van der Waals surface area contributed by atoms with Crippen LogP contribution in [0.1, 0.15) is 6.92 Å². The molecule has 0 aromatic rings. The average molecular weight is 105 g/mol. The predicted molar refractivity (Wildman–Crippen MR) is 15.5 cm³/mol. The van der Waals surface area contributed by atoms with E-state index in [1.165, 1.54) is 0 Å². The Morgan fingerprint density at radius 2 is 1.75 bits per heavy atom. The summed E-state index contributed by atoms with van der Waals surface area (Å²) in [5, 5.41) is 0.938. The van der Waals surface area contributed by atoms with E-state index in [9.17, 15) is 0 Å². The molecule has 1 nitrogen and oxygen atoms in total. The van der Waals surface area contributed by atoms with Gasteiger partial charge < -0.3 is 6.15 Å². The number of hydrogen-bond donors (Lipinski definition) is 1. The fourth-order valence-corrected chi connectivity index (χ4v) is 0. The van der Waals surface area contributed by atoms with Crippen molar-refractivity contribution in [3.05, 3.63) is 0 Å². The molecule has 0 spiro atoms. The molecule has 0 atom stereocenters. The van der Waals surface area contributed by atoms with Gasteiger partial charge in [-0.1, -0.05) is 0 Å². The first-order valence-corrected chi connectivity index (χ1v) is 1.68. The first kappa shape index (κ1) is 8.82. The molecule has 0 amide bonds. The van der Waals surface area contributed by atoms with Crippen LogP contribution < -0.4 is 6.15 Å². The number of hydrogen-bond acceptors (Lipinski definition) is 1. The number of rotatable bonds is 0. The average Bonchev–Trinajstić information content (AvgIpc) is 0.918. The molecule has 0 bridgehead atoms. The Kier molecular flexibility index (Phi) is 21.6. The van der Waals surface area contributed by atoms with Crippen molar-refractivity contribution < 1.29 is 15.7 Å². The Labute approximate surface area is 35.0 Å². The van der Waals surface area contributed by atoms with Gasteiger partial charge in [-0.2, -0.15) is 0 Å². The molecule has 4 heavy (non-hydrogen) atoms. The minimum absolute atomic E-state index is 0. The van der Waals surface area contributed by atoms with Crippen molar-refractivity contribution in [2.24, 2.45) is 0 Å². The Morgan fingerprint density at radius 3 is 1.75 bits per heavy atom. The van der Waals surface area contributed by atoms with Crippen LogP contribution in [-0.2, 0) is 15.7 Å². The summed E-state index contributed by atoms with van der Waals surface area (Å²) in [6.07, 6.45) is 0. The quantitative estimate of drug-likeness (QED) is 0.492. The van der Waals surface area contributed by atoms with Gasteiger partial charge >= 0.3 is 28.0 Å². The van der Waals surface area contributed by atoms with Gasteiger partial charge in [-0.15, -0.1) is 0 Å². The van der Waals surface area contributed by atoms with E-state index in [1.54, 1.807) is 0 Å². The maximum atomic E-state index is 3.83. The molecule has 2 heteroatoms. The van der Waals surface area contributed by atoms with E-state index in [2.05, 4.69) is 15.7 Å². The Bertz CT molecular complexity index is 6.00. The van der Waals surface area contributed by atoms with Crippen LogP contribution in [0.15, 0.2) is 0 Å². The Morgan fingerprint density at radius 1 is 1.75 bits per heavy atom. The fourth-order valence-electron chi connectivity index (χ4n) is 0. The van der Waals surface area contributed by atoms with E-state index in [1.807, 2.05) is 6.92 Å². The molecule has 0 fully saturated rings. The van der Waals surface area contributed by atoms with Crippen molar-refractivity contribution in [2.45, 2.75) is 12.3 Å². The van der Waals surface area contributed by atoms with Gasteiger partial charge in [0.05, 0.1) is 0 Å². The summed E-state index contributed by atoms with van der Waals surface area (Å²) in [6.45, 7) is 1.99. The fraction of sp³-hybridized carbons (Fsp3) is 1.00. The molecule has 0 radical (unpaired) electrons. The molecule has 0 aliphatic carbocycles. The van der Waals surface area contributed by atoms with Crippen molar-refractivity contribution in [1.29, 1.82) is 0 Å².